The number of nitrogens with one attached hydrogen (secondary N) is 1. The highest BCUT2D eigenvalue weighted by Crippen LogP contribution is 2.23. The van der Waals surface area contributed by atoms with E-state index in [-0.39, 0.29) is 11.4 Å². The number of sulfonamides is 1. The zero-order chi connectivity index (χ0) is 14.6. The molecule has 108 valence electrons. The lowest BCUT2D eigenvalue weighted by Gasteiger charge is -2.08. The van der Waals surface area contributed by atoms with Crippen LogP contribution in [0.5, 0.6) is 5.75 Å². The van der Waals surface area contributed by atoms with Crippen molar-refractivity contribution >= 4 is 20.8 Å². The van der Waals surface area contributed by atoms with E-state index < -0.39 is 10.0 Å². The zero-order valence-corrected chi connectivity index (χ0v) is 12.2. The van der Waals surface area contributed by atoms with E-state index in [1.54, 1.807) is 31.4 Å². The summed E-state index contributed by atoms with van der Waals surface area (Å²) in [6, 6.07) is 10.5. The molecule has 0 unspecified atom stereocenters. The molecule has 0 spiro atoms. The lowest BCUT2D eigenvalue weighted by Crippen LogP contribution is -2.27. The molecule has 2 aromatic rings. The van der Waals surface area contributed by atoms with Crippen molar-refractivity contribution in [1.82, 2.24) is 4.72 Å². The van der Waals surface area contributed by atoms with Crippen LogP contribution in [0.1, 0.15) is 0 Å². The zero-order valence-electron chi connectivity index (χ0n) is 11.4. The van der Waals surface area contributed by atoms with Gasteiger partial charge in [0.2, 0.25) is 10.0 Å². The first kappa shape index (κ1) is 14.8. The van der Waals surface area contributed by atoms with Crippen LogP contribution in [0.15, 0.2) is 41.3 Å². The van der Waals surface area contributed by atoms with Crippen LogP contribution in [0.4, 0.5) is 0 Å². The summed E-state index contributed by atoms with van der Waals surface area (Å²) in [5, 5.41) is 1.78. The Hall–Kier alpha value is -1.63. The fourth-order valence-corrected chi connectivity index (χ4v) is 2.91. The second kappa shape index (κ2) is 6.21. The molecule has 0 aliphatic carbocycles. The standard InChI is InChI=1S/C14H17NO4S/c1-18-8-7-15-20(16,17)14-6-4-11-9-13(19-2)5-3-12(11)10-14/h3-6,9-10,15H,7-8H2,1-2H3. The molecule has 0 radical (unpaired) electrons. The molecule has 1 N–H and O–H groups in total. The Morgan fingerprint density at radius 3 is 2.45 bits per heavy atom. The highest BCUT2D eigenvalue weighted by molar-refractivity contribution is 7.89. The molecular formula is C14H17NO4S. The quantitative estimate of drug-likeness (QED) is 0.825. The highest BCUT2D eigenvalue weighted by atomic mass is 32.2. The maximum atomic E-state index is 12.1. The summed E-state index contributed by atoms with van der Waals surface area (Å²) in [5.74, 6) is 0.742. The topological polar surface area (TPSA) is 64.6 Å². The summed E-state index contributed by atoms with van der Waals surface area (Å²) in [4.78, 5) is 0.242. The first-order valence-corrected chi connectivity index (χ1v) is 7.61. The number of rotatable bonds is 6. The van der Waals surface area contributed by atoms with Crippen LogP contribution in [-0.4, -0.2) is 35.8 Å². The fourth-order valence-electron chi connectivity index (χ4n) is 1.86. The summed E-state index contributed by atoms with van der Waals surface area (Å²) in [6.07, 6.45) is 0. The van der Waals surface area contributed by atoms with Crippen molar-refractivity contribution in [2.24, 2.45) is 0 Å². The largest absolute Gasteiger partial charge is 0.497 e. The highest BCUT2D eigenvalue weighted by Gasteiger charge is 2.13. The third kappa shape index (κ3) is 3.27. The van der Waals surface area contributed by atoms with E-state index in [1.165, 1.54) is 7.11 Å². The van der Waals surface area contributed by atoms with Crippen LogP contribution in [-0.2, 0) is 14.8 Å². The number of hydrogen-bond donors (Lipinski definition) is 1. The molecule has 0 saturated heterocycles. The molecule has 0 aliphatic heterocycles. The third-order valence-electron chi connectivity index (χ3n) is 2.93. The molecule has 0 heterocycles. The van der Waals surface area contributed by atoms with Crippen molar-refractivity contribution in [3.8, 4) is 5.75 Å². The summed E-state index contributed by atoms with van der Waals surface area (Å²) < 4.78 is 36.6. The lowest BCUT2D eigenvalue weighted by atomic mass is 10.1. The molecule has 0 aromatic heterocycles. The van der Waals surface area contributed by atoms with Gasteiger partial charge in [0.05, 0.1) is 18.6 Å². The number of hydrogen-bond acceptors (Lipinski definition) is 4. The van der Waals surface area contributed by atoms with Gasteiger partial charge >= 0.3 is 0 Å². The average Bonchev–Trinajstić information content (AvgIpc) is 2.46. The van der Waals surface area contributed by atoms with Crippen molar-refractivity contribution in [1.29, 1.82) is 0 Å². The van der Waals surface area contributed by atoms with Crippen LogP contribution < -0.4 is 9.46 Å². The van der Waals surface area contributed by atoms with Crippen molar-refractivity contribution in [3.05, 3.63) is 36.4 Å². The van der Waals surface area contributed by atoms with E-state index in [2.05, 4.69) is 4.72 Å². The summed E-state index contributed by atoms with van der Waals surface area (Å²) in [5.41, 5.74) is 0. The van der Waals surface area contributed by atoms with Gasteiger partial charge < -0.3 is 9.47 Å². The maximum Gasteiger partial charge on any atom is 0.240 e. The Labute approximate surface area is 118 Å². The van der Waals surface area contributed by atoms with Gasteiger partial charge in [-0.25, -0.2) is 13.1 Å². The molecule has 20 heavy (non-hydrogen) atoms. The van der Waals surface area contributed by atoms with Crippen molar-refractivity contribution in [2.75, 3.05) is 27.4 Å². The van der Waals surface area contributed by atoms with E-state index in [1.807, 2.05) is 12.1 Å². The number of fused-ring (bicyclic) bond motifs is 1. The van der Waals surface area contributed by atoms with E-state index in [9.17, 15) is 8.42 Å². The SMILES string of the molecule is COCCNS(=O)(=O)c1ccc2cc(OC)ccc2c1. The van der Waals surface area contributed by atoms with E-state index >= 15 is 0 Å². The monoisotopic (exact) mass is 295 g/mol. The van der Waals surface area contributed by atoms with Crippen LogP contribution >= 0.6 is 0 Å². The van der Waals surface area contributed by atoms with Crippen molar-refractivity contribution < 1.29 is 17.9 Å². The Bertz CT molecular complexity index is 697. The van der Waals surface area contributed by atoms with Crippen LogP contribution in [0, 0.1) is 0 Å². The van der Waals surface area contributed by atoms with Gasteiger partial charge in [-0.1, -0.05) is 12.1 Å². The Morgan fingerprint density at radius 2 is 1.75 bits per heavy atom. The van der Waals surface area contributed by atoms with Crippen LogP contribution in [0.3, 0.4) is 0 Å². The maximum absolute atomic E-state index is 12.1. The van der Waals surface area contributed by atoms with Crippen molar-refractivity contribution in [2.45, 2.75) is 4.90 Å². The van der Waals surface area contributed by atoms with E-state index in [0.717, 1.165) is 16.5 Å². The summed E-state index contributed by atoms with van der Waals surface area (Å²) >= 11 is 0. The molecule has 0 fully saturated rings. The molecule has 2 rings (SSSR count). The Balaban J connectivity index is 2.31. The van der Waals surface area contributed by atoms with Crippen molar-refractivity contribution in [3.63, 3.8) is 0 Å². The molecule has 0 saturated carbocycles. The molecule has 5 nitrogen and oxygen atoms in total. The van der Waals surface area contributed by atoms with Gasteiger partial charge in [-0.3, -0.25) is 0 Å². The molecule has 6 heteroatoms. The predicted octanol–water partition coefficient (Wildman–Crippen LogP) is 1.77. The minimum absolute atomic E-state index is 0.242. The number of benzene rings is 2. The number of methoxy groups -OCH3 is 2. The molecule has 0 amide bonds. The molecule has 2 aromatic carbocycles. The smallest absolute Gasteiger partial charge is 0.240 e. The van der Waals surface area contributed by atoms with Gasteiger partial charge in [-0.2, -0.15) is 0 Å². The van der Waals surface area contributed by atoms with E-state index in [0.29, 0.717) is 6.61 Å². The minimum atomic E-state index is -3.50. The number of ether oxygens (including phenoxy) is 2. The normalized spacial score (nSPS) is 11.7. The fraction of sp³-hybridized carbons (Fsp3) is 0.286. The summed E-state index contributed by atoms with van der Waals surface area (Å²) in [6.45, 7) is 0.587. The molecule has 0 atom stereocenters. The van der Waals surface area contributed by atoms with Gasteiger partial charge in [0.1, 0.15) is 5.75 Å². The Kier molecular flexibility index (Phi) is 4.59. The van der Waals surface area contributed by atoms with Gasteiger partial charge in [0.15, 0.2) is 0 Å². The molecule has 0 aliphatic rings. The van der Waals surface area contributed by atoms with Crippen LogP contribution in [0.25, 0.3) is 10.8 Å². The third-order valence-corrected chi connectivity index (χ3v) is 4.39. The molecular weight excluding hydrogens is 278 g/mol. The minimum Gasteiger partial charge on any atom is -0.497 e. The van der Waals surface area contributed by atoms with Gasteiger partial charge in [0.25, 0.3) is 0 Å². The second-order valence-corrected chi connectivity index (χ2v) is 6.03. The van der Waals surface area contributed by atoms with Crippen LogP contribution in [0.2, 0.25) is 0 Å². The Morgan fingerprint density at radius 1 is 1.05 bits per heavy atom. The van der Waals surface area contributed by atoms with E-state index in [4.69, 9.17) is 9.47 Å². The van der Waals surface area contributed by atoms with Gasteiger partial charge in [0, 0.05) is 13.7 Å². The molecule has 0 bridgehead atoms. The average molecular weight is 295 g/mol. The van der Waals surface area contributed by atoms with Gasteiger partial charge in [-0.15, -0.1) is 0 Å². The second-order valence-electron chi connectivity index (χ2n) is 4.27. The summed E-state index contributed by atoms with van der Waals surface area (Å²) in [7, 11) is -0.378. The van der Waals surface area contributed by atoms with Gasteiger partial charge in [-0.05, 0) is 35.0 Å². The first-order valence-electron chi connectivity index (χ1n) is 6.13. The first-order chi connectivity index (χ1) is 9.56. The predicted molar refractivity (Wildman–Crippen MR) is 77.6 cm³/mol. The lowest BCUT2D eigenvalue weighted by molar-refractivity contribution is 0.204.